The number of carbonyl (C=O) groups is 1. The van der Waals surface area contributed by atoms with Gasteiger partial charge in [-0.25, -0.2) is 0 Å². The summed E-state index contributed by atoms with van der Waals surface area (Å²) in [5, 5.41) is 4.04. The van der Waals surface area contributed by atoms with Gasteiger partial charge in [0.25, 0.3) is 0 Å². The van der Waals surface area contributed by atoms with Gasteiger partial charge in [-0.2, -0.15) is 0 Å². The molecule has 0 aromatic heterocycles. The highest BCUT2D eigenvalue weighted by Gasteiger charge is 2.16. The fourth-order valence-corrected chi connectivity index (χ4v) is 2.08. The molecule has 0 heterocycles. The number of halogens is 3. The Morgan fingerprint density at radius 2 is 2.00 bits per heavy atom. The average molecular weight is 326 g/mol. The summed E-state index contributed by atoms with van der Waals surface area (Å²) >= 11 is 11.8. The molecule has 3 nitrogen and oxygen atoms in total. The van der Waals surface area contributed by atoms with Crippen LogP contribution in [0, 0.1) is 5.92 Å². The Morgan fingerprint density at radius 1 is 1.37 bits per heavy atom. The molecule has 0 saturated carbocycles. The second-order valence-corrected chi connectivity index (χ2v) is 5.22. The highest BCUT2D eigenvalue weighted by Crippen LogP contribution is 2.23. The minimum absolute atomic E-state index is 0. The van der Waals surface area contributed by atoms with E-state index in [2.05, 4.69) is 5.32 Å². The lowest BCUT2D eigenvalue weighted by Crippen LogP contribution is -2.35. The summed E-state index contributed by atoms with van der Waals surface area (Å²) in [5.41, 5.74) is 0.969. The van der Waals surface area contributed by atoms with E-state index in [1.54, 1.807) is 24.1 Å². The van der Waals surface area contributed by atoms with Crippen LogP contribution in [-0.2, 0) is 11.3 Å². The van der Waals surface area contributed by atoms with E-state index in [-0.39, 0.29) is 24.2 Å². The topological polar surface area (TPSA) is 32.3 Å². The molecule has 1 amide bonds. The van der Waals surface area contributed by atoms with Crippen LogP contribution in [0.1, 0.15) is 12.5 Å². The Morgan fingerprint density at radius 3 is 2.53 bits per heavy atom. The van der Waals surface area contributed by atoms with Gasteiger partial charge >= 0.3 is 0 Å². The van der Waals surface area contributed by atoms with E-state index in [1.807, 2.05) is 20.0 Å². The van der Waals surface area contributed by atoms with Crippen molar-refractivity contribution in [3.63, 3.8) is 0 Å². The summed E-state index contributed by atoms with van der Waals surface area (Å²) in [6.07, 6.45) is 0. The van der Waals surface area contributed by atoms with Crippen LogP contribution in [-0.4, -0.2) is 31.4 Å². The van der Waals surface area contributed by atoms with Gasteiger partial charge in [-0.1, -0.05) is 36.2 Å². The maximum absolute atomic E-state index is 12.0. The Balaban J connectivity index is 0.00000324. The number of nitrogens with one attached hydrogen (secondary N) is 1. The van der Waals surface area contributed by atoms with Crippen molar-refractivity contribution in [2.75, 3.05) is 20.6 Å². The molecule has 1 unspecified atom stereocenters. The van der Waals surface area contributed by atoms with Gasteiger partial charge in [-0.15, -0.1) is 12.4 Å². The van der Waals surface area contributed by atoms with Crippen molar-refractivity contribution in [3.05, 3.63) is 33.8 Å². The van der Waals surface area contributed by atoms with Crippen molar-refractivity contribution in [2.24, 2.45) is 5.92 Å². The monoisotopic (exact) mass is 324 g/mol. The van der Waals surface area contributed by atoms with Crippen molar-refractivity contribution in [1.29, 1.82) is 0 Å². The molecule has 108 valence electrons. The first-order valence-corrected chi connectivity index (χ1v) is 6.54. The summed E-state index contributed by atoms with van der Waals surface area (Å²) in [6, 6.07) is 5.41. The zero-order valence-electron chi connectivity index (χ0n) is 11.2. The molecular weight excluding hydrogens is 307 g/mol. The van der Waals surface area contributed by atoms with Crippen LogP contribution in [0.5, 0.6) is 0 Å². The number of carbonyl (C=O) groups excluding carboxylic acids is 1. The maximum atomic E-state index is 12.0. The molecule has 0 radical (unpaired) electrons. The highest BCUT2D eigenvalue weighted by molar-refractivity contribution is 6.42. The first-order chi connectivity index (χ1) is 8.45. The Labute approximate surface area is 130 Å². The lowest BCUT2D eigenvalue weighted by Gasteiger charge is -2.21. The summed E-state index contributed by atoms with van der Waals surface area (Å²) in [5.74, 6) is 0.0678. The van der Waals surface area contributed by atoms with Crippen molar-refractivity contribution in [2.45, 2.75) is 13.5 Å². The second kappa shape index (κ2) is 8.64. The summed E-state index contributed by atoms with van der Waals surface area (Å²) < 4.78 is 0. The third-order valence-corrected chi connectivity index (χ3v) is 3.45. The van der Waals surface area contributed by atoms with Gasteiger partial charge in [0, 0.05) is 26.1 Å². The van der Waals surface area contributed by atoms with Crippen LogP contribution in [0.3, 0.4) is 0 Å². The molecule has 0 aliphatic rings. The SMILES string of the molecule is CNCC(C)C(=O)N(C)Cc1ccc(Cl)c(Cl)c1.Cl. The largest absolute Gasteiger partial charge is 0.341 e. The van der Waals surface area contributed by atoms with Crippen LogP contribution >= 0.6 is 35.6 Å². The number of hydrogen-bond acceptors (Lipinski definition) is 2. The molecule has 0 bridgehead atoms. The standard InChI is InChI=1S/C13H18Cl2N2O.ClH/c1-9(7-16-2)13(18)17(3)8-10-4-5-11(14)12(15)6-10;/h4-6,9,16H,7-8H2,1-3H3;1H. The molecule has 0 spiro atoms. The Hall–Kier alpha value is -0.480. The van der Waals surface area contributed by atoms with Gasteiger partial charge in [0.2, 0.25) is 5.91 Å². The zero-order chi connectivity index (χ0) is 13.7. The predicted octanol–water partition coefficient (Wildman–Crippen LogP) is 3.23. The molecule has 19 heavy (non-hydrogen) atoms. The van der Waals surface area contributed by atoms with Crippen molar-refractivity contribution in [1.82, 2.24) is 10.2 Å². The molecule has 6 heteroatoms. The van der Waals surface area contributed by atoms with Crippen LogP contribution in [0.2, 0.25) is 10.0 Å². The number of amides is 1. The van der Waals surface area contributed by atoms with E-state index in [0.717, 1.165) is 5.56 Å². The lowest BCUT2D eigenvalue weighted by molar-refractivity contribution is -0.134. The lowest BCUT2D eigenvalue weighted by atomic mass is 10.1. The van der Waals surface area contributed by atoms with E-state index >= 15 is 0 Å². The first kappa shape index (κ1) is 18.5. The van der Waals surface area contributed by atoms with Crippen molar-refractivity contribution >= 4 is 41.5 Å². The first-order valence-electron chi connectivity index (χ1n) is 5.79. The summed E-state index contributed by atoms with van der Waals surface area (Å²) in [4.78, 5) is 13.7. The van der Waals surface area contributed by atoms with Gasteiger partial charge in [-0.05, 0) is 24.7 Å². The smallest absolute Gasteiger partial charge is 0.226 e. The van der Waals surface area contributed by atoms with E-state index in [0.29, 0.717) is 23.1 Å². The van der Waals surface area contributed by atoms with E-state index in [4.69, 9.17) is 23.2 Å². The van der Waals surface area contributed by atoms with Gasteiger partial charge in [0.15, 0.2) is 0 Å². The average Bonchev–Trinajstić information content (AvgIpc) is 2.33. The minimum atomic E-state index is -0.0391. The van der Waals surface area contributed by atoms with Gasteiger partial charge in [-0.3, -0.25) is 4.79 Å². The molecule has 0 aliphatic heterocycles. The van der Waals surface area contributed by atoms with E-state index in [9.17, 15) is 4.79 Å². The van der Waals surface area contributed by atoms with Gasteiger partial charge in [0.05, 0.1) is 10.0 Å². The number of rotatable bonds is 5. The molecular formula is C13H19Cl3N2O. The third-order valence-electron chi connectivity index (χ3n) is 2.71. The fourth-order valence-electron chi connectivity index (χ4n) is 1.76. The quantitative estimate of drug-likeness (QED) is 0.901. The molecule has 0 saturated heterocycles. The number of hydrogen-bond donors (Lipinski definition) is 1. The number of nitrogens with zero attached hydrogens (tertiary/aromatic N) is 1. The molecule has 1 aromatic rings. The molecule has 1 aromatic carbocycles. The van der Waals surface area contributed by atoms with Crippen molar-refractivity contribution in [3.8, 4) is 0 Å². The maximum Gasteiger partial charge on any atom is 0.226 e. The molecule has 0 aliphatic carbocycles. The fraction of sp³-hybridized carbons (Fsp3) is 0.462. The minimum Gasteiger partial charge on any atom is -0.341 e. The Kier molecular flexibility index (Phi) is 8.42. The Bertz CT molecular complexity index is 426. The van der Waals surface area contributed by atoms with E-state index in [1.165, 1.54) is 0 Å². The highest BCUT2D eigenvalue weighted by atomic mass is 35.5. The molecule has 0 fully saturated rings. The van der Waals surface area contributed by atoms with Gasteiger partial charge < -0.3 is 10.2 Å². The number of benzene rings is 1. The van der Waals surface area contributed by atoms with Gasteiger partial charge in [0.1, 0.15) is 0 Å². The third kappa shape index (κ3) is 5.57. The molecule has 1 atom stereocenters. The zero-order valence-corrected chi connectivity index (χ0v) is 13.6. The van der Waals surface area contributed by atoms with Crippen LogP contribution in [0.4, 0.5) is 0 Å². The van der Waals surface area contributed by atoms with E-state index < -0.39 is 0 Å². The second-order valence-electron chi connectivity index (χ2n) is 4.40. The van der Waals surface area contributed by atoms with Crippen LogP contribution in [0.25, 0.3) is 0 Å². The normalized spacial score (nSPS) is 11.6. The van der Waals surface area contributed by atoms with Crippen LogP contribution < -0.4 is 5.32 Å². The van der Waals surface area contributed by atoms with Crippen LogP contribution in [0.15, 0.2) is 18.2 Å². The van der Waals surface area contributed by atoms with Crippen molar-refractivity contribution < 1.29 is 4.79 Å². The predicted molar refractivity (Wildman–Crippen MR) is 83.3 cm³/mol. The summed E-state index contributed by atoms with van der Waals surface area (Å²) in [6.45, 7) is 3.11. The molecule has 1 rings (SSSR count). The molecule has 1 N–H and O–H groups in total. The summed E-state index contributed by atoms with van der Waals surface area (Å²) in [7, 11) is 3.62.